The standard InChI is InChI=1S/C15H23NO6S2/c1-21-14-8-7-13(11-15(14)22-2)23(17,18)10-9-16-24(19,20)12-5-3-4-6-12/h7-8,11-12,16H,3-6,9-10H2,1-2H3. The predicted molar refractivity (Wildman–Crippen MR) is 90.8 cm³/mol. The summed E-state index contributed by atoms with van der Waals surface area (Å²) < 4.78 is 61.5. The van der Waals surface area contributed by atoms with Gasteiger partial charge in [0.2, 0.25) is 10.0 Å². The van der Waals surface area contributed by atoms with E-state index in [4.69, 9.17) is 9.47 Å². The summed E-state index contributed by atoms with van der Waals surface area (Å²) in [7, 11) is -4.19. The molecule has 0 spiro atoms. The molecule has 24 heavy (non-hydrogen) atoms. The van der Waals surface area contributed by atoms with E-state index in [2.05, 4.69) is 4.72 Å². The molecule has 0 heterocycles. The first-order chi connectivity index (χ1) is 11.3. The highest BCUT2D eigenvalue weighted by Crippen LogP contribution is 2.29. The first-order valence-electron chi connectivity index (χ1n) is 7.73. The van der Waals surface area contributed by atoms with Crippen molar-refractivity contribution in [2.75, 3.05) is 26.5 Å². The molecule has 9 heteroatoms. The maximum atomic E-state index is 12.4. The van der Waals surface area contributed by atoms with Crippen molar-refractivity contribution in [3.05, 3.63) is 18.2 Å². The zero-order valence-corrected chi connectivity index (χ0v) is 15.5. The fourth-order valence-electron chi connectivity index (χ4n) is 2.76. The van der Waals surface area contributed by atoms with Crippen LogP contribution in [0.2, 0.25) is 0 Å². The molecular weight excluding hydrogens is 354 g/mol. The van der Waals surface area contributed by atoms with E-state index in [1.165, 1.54) is 32.4 Å². The Morgan fingerprint density at radius 2 is 1.67 bits per heavy atom. The first kappa shape index (κ1) is 19.0. The zero-order chi connectivity index (χ0) is 17.8. The van der Waals surface area contributed by atoms with Crippen LogP contribution >= 0.6 is 0 Å². The second kappa shape index (κ2) is 7.71. The van der Waals surface area contributed by atoms with E-state index in [1.807, 2.05) is 0 Å². The number of benzene rings is 1. The van der Waals surface area contributed by atoms with Gasteiger partial charge in [0.1, 0.15) is 0 Å². The molecule has 2 rings (SSSR count). The summed E-state index contributed by atoms with van der Waals surface area (Å²) >= 11 is 0. The topological polar surface area (TPSA) is 98.8 Å². The number of hydrogen-bond donors (Lipinski definition) is 1. The monoisotopic (exact) mass is 377 g/mol. The molecule has 1 fully saturated rings. The zero-order valence-electron chi connectivity index (χ0n) is 13.8. The van der Waals surface area contributed by atoms with Crippen molar-refractivity contribution in [3.63, 3.8) is 0 Å². The maximum Gasteiger partial charge on any atom is 0.214 e. The highest BCUT2D eigenvalue weighted by Gasteiger charge is 2.28. The average Bonchev–Trinajstić information content (AvgIpc) is 3.09. The smallest absolute Gasteiger partial charge is 0.214 e. The minimum absolute atomic E-state index is 0.0696. The van der Waals surface area contributed by atoms with Crippen LogP contribution in [0.5, 0.6) is 11.5 Å². The normalized spacial score (nSPS) is 16.2. The Labute approximate surface area is 143 Å². The molecule has 1 aromatic rings. The molecule has 0 atom stereocenters. The molecule has 0 aliphatic heterocycles. The molecule has 1 aromatic carbocycles. The number of sulfonamides is 1. The molecule has 1 N–H and O–H groups in total. The van der Waals surface area contributed by atoms with Gasteiger partial charge in [0.05, 0.1) is 30.1 Å². The van der Waals surface area contributed by atoms with Gasteiger partial charge in [0.25, 0.3) is 0 Å². The Morgan fingerprint density at radius 1 is 1.04 bits per heavy atom. The predicted octanol–water partition coefficient (Wildman–Crippen LogP) is 1.34. The Kier molecular flexibility index (Phi) is 6.11. The molecule has 0 bridgehead atoms. The van der Waals surface area contributed by atoms with Gasteiger partial charge < -0.3 is 9.47 Å². The van der Waals surface area contributed by atoms with E-state index in [0.717, 1.165) is 12.8 Å². The highest BCUT2D eigenvalue weighted by molar-refractivity contribution is 7.91. The second-order valence-electron chi connectivity index (χ2n) is 5.68. The van der Waals surface area contributed by atoms with Crippen LogP contribution in [0.15, 0.2) is 23.1 Å². The molecule has 1 aliphatic rings. The summed E-state index contributed by atoms with van der Waals surface area (Å²) in [6.45, 7) is -0.143. The van der Waals surface area contributed by atoms with Gasteiger partial charge in [0, 0.05) is 12.6 Å². The lowest BCUT2D eigenvalue weighted by atomic mass is 10.3. The van der Waals surface area contributed by atoms with Crippen LogP contribution in [0.4, 0.5) is 0 Å². The van der Waals surface area contributed by atoms with Crippen LogP contribution in [-0.4, -0.2) is 48.6 Å². The number of methoxy groups -OCH3 is 2. The Bertz CT molecular complexity index is 767. The van der Waals surface area contributed by atoms with Crippen LogP contribution in [0.3, 0.4) is 0 Å². The maximum absolute atomic E-state index is 12.4. The molecule has 7 nitrogen and oxygen atoms in total. The third-order valence-electron chi connectivity index (χ3n) is 4.13. The second-order valence-corrected chi connectivity index (χ2v) is 9.84. The molecule has 0 unspecified atom stereocenters. The molecule has 0 aromatic heterocycles. The lowest BCUT2D eigenvalue weighted by molar-refractivity contribution is 0.354. The molecule has 136 valence electrons. The van der Waals surface area contributed by atoms with Gasteiger partial charge in [-0.25, -0.2) is 21.6 Å². The Hall–Kier alpha value is -1.32. The molecule has 0 radical (unpaired) electrons. The minimum atomic E-state index is -3.63. The summed E-state index contributed by atoms with van der Waals surface area (Å²) in [6, 6.07) is 4.30. The number of ether oxygens (including phenoxy) is 2. The Morgan fingerprint density at radius 3 is 2.25 bits per heavy atom. The molecule has 1 aliphatic carbocycles. The van der Waals surface area contributed by atoms with Crippen LogP contribution in [0.25, 0.3) is 0 Å². The molecule has 0 amide bonds. The quantitative estimate of drug-likeness (QED) is 0.734. The fourth-order valence-corrected chi connectivity index (χ4v) is 5.64. The van der Waals surface area contributed by atoms with Crippen LogP contribution in [0, 0.1) is 0 Å². The van der Waals surface area contributed by atoms with Crippen molar-refractivity contribution in [1.29, 1.82) is 0 Å². The lowest BCUT2D eigenvalue weighted by Crippen LogP contribution is -2.35. The summed E-state index contributed by atoms with van der Waals surface area (Å²) in [4.78, 5) is 0.0696. The van der Waals surface area contributed by atoms with Crippen molar-refractivity contribution in [3.8, 4) is 11.5 Å². The van der Waals surface area contributed by atoms with E-state index in [9.17, 15) is 16.8 Å². The van der Waals surface area contributed by atoms with Crippen LogP contribution < -0.4 is 14.2 Å². The van der Waals surface area contributed by atoms with Crippen molar-refractivity contribution >= 4 is 19.9 Å². The minimum Gasteiger partial charge on any atom is -0.493 e. The summed E-state index contributed by atoms with van der Waals surface area (Å²) in [5.74, 6) is 0.428. The average molecular weight is 377 g/mol. The number of nitrogens with one attached hydrogen (secondary N) is 1. The lowest BCUT2D eigenvalue weighted by Gasteiger charge is -2.13. The van der Waals surface area contributed by atoms with Gasteiger partial charge in [-0.05, 0) is 25.0 Å². The largest absolute Gasteiger partial charge is 0.493 e. The highest BCUT2D eigenvalue weighted by atomic mass is 32.2. The van der Waals surface area contributed by atoms with Gasteiger partial charge in [0.15, 0.2) is 21.3 Å². The number of hydrogen-bond acceptors (Lipinski definition) is 6. The third-order valence-corrected chi connectivity index (χ3v) is 7.80. The van der Waals surface area contributed by atoms with Gasteiger partial charge in [-0.2, -0.15) is 0 Å². The first-order valence-corrected chi connectivity index (χ1v) is 10.9. The summed E-state index contributed by atoms with van der Waals surface area (Å²) in [6.07, 6.45) is 3.07. The van der Waals surface area contributed by atoms with E-state index >= 15 is 0 Å². The van der Waals surface area contributed by atoms with Gasteiger partial charge in [-0.1, -0.05) is 12.8 Å². The van der Waals surface area contributed by atoms with Gasteiger partial charge in [-0.3, -0.25) is 0 Å². The van der Waals surface area contributed by atoms with Gasteiger partial charge in [-0.15, -0.1) is 0 Å². The van der Waals surface area contributed by atoms with Crippen molar-refractivity contribution in [2.45, 2.75) is 35.8 Å². The fraction of sp³-hybridized carbons (Fsp3) is 0.600. The molecular formula is C15H23NO6S2. The number of sulfone groups is 1. The van der Waals surface area contributed by atoms with E-state index in [1.54, 1.807) is 0 Å². The summed E-state index contributed by atoms with van der Waals surface area (Å²) in [5.41, 5.74) is 0. The summed E-state index contributed by atoms with van der Waals surface area (Å²) in [5, 5.41) is -0.402. The third kappa shape index (κ3) is 4.40. The SMILES string of the molecule is COc1ccc(S(=O)(=O)CCNS(=O)(=O)C2CCCC2)cc1OC. The van der Waals surface area contributed by atoms with Crippen LogP contribution in [0.1, 0.15) is 25.7 Å². The van der Waals surface area contributed by atoms with Crippen LogP contribution in [-0.2, 0) is 19.9 Å². The van der Waals surface area contributed by atoms with Crippen molar-refractivity contribution < 1.29 is 26.3 Å². The van der Waals surface area contributed by atoms with E-state index < -0.39 is 25.1 Å². The van der Waals surface area contributed by atoms with E-state index in [-0.39, 0.29) is 17.2 Å². The van der Waals surface area contributed by atoms with Crippen molar-refractivity contribution in [1.82, 2.24) is 4.72 Å². The number of rotatable bonds is 8. The molecule has 1 saturated carbocycles. The molecule has 0 saturated heterocycles. The Balaban J connectivity index is 2.03. The van der Waals surface area contributed by atoms with Gasteiger partial charge >= 0.3 is 0 Å². The van der Waals surface area contributed by atoms with Crippen molar-refractivity contribution in [2.24, 2.45) is 0 Å². The van der Waals surface area contributed by atoms with E-state index in [0.29, 0.717) is 24.3 Å².